The normalized spacial score (nSPS) is 9.38. The van der Waals surface area contributed by atoms with E-state index in [1.807, 2.05) is 0 Å². The highest BCUT2D eigenvalue weighted by Gasteiger charge is 2.14. The largest absolute Gasteiger partial charge is 0.480 e. The van der Waals surface area contributed by atoms with Gasteiger partial charge in [0, 0.05) is 20.7 Å². The zero-order chi connectivity index (χ0) is 10.3. The predicted octanol–water partition coefficient (Wildman–Crippen LogP) is -0.641. The summed E-state index contributed by atoms with van der Waals surface area (Å²) in [5.41, 5.74) is 0. The highest BCUT2D eigenvalue weighted by Crippen LogP contribution is 1.89. The van der Waals surface area contributed by atoms with Crippen molar-refractivity contribution in [2.45, 2.75) is 0 Å². The van der Waals surface area contributed by atoms with Crippen LogP contribution in [0.5, 0.6) is 0 Å². The van der Waals surface area contributed by atoms with Gasteiger partial charge in [0.05, 0.1) is 6.61 Å². The average molecular weight is 190 g/mol. The Morgan fingerprint density at radius 3 is 2.54 bits per heavy atom. The summed E-state index contributed by atoms with van der Waals surface area (Å²) in [6.45, 7) is 0.270. The summed E-state index contributed by atoms with van der Waals surface area (Å²) in [7, 11) is 2.94. The molecule has 2 amide bonds. The number of amides is 2. The molecule has 13 heavy (non-hydrogen) atoms. The summed E-state index contributed by atoms with van der Waals surface area (Å²) >= 11 is 0. The minimum absolute atomic E-state index is 0.266. The van der Waals surface area contributed by atoms with E-state index in [-0.39, 0.29) is 13.1 Å². The monoisotopic (exact) mass is 190 g/mol. The van der Waals surface area contributed by atoms with Crippen LogP contribution in [-0.2, 0) is 9.53 Å². The first kappa shape index (κ1) is 11.7. The maximum atomic E-state index is 11.0. The molecule has 6 heteroatoms. The molecule has 2 N–H and O–H groups in total. The molecule has 0 spiro atoms. The van der Waals surface area contributed by atoms with Crippen LogP contribution in [0.3, 0.4) is 0 Å². The number of rotatable bonds is 5. The van der Waals surface area contributed by atoms with Crippen molar-refractivity contribution < 1.29 is 19.4 Å². The van der Waals surface area contributed by atoms with Gasteiger partial charge in [0.2, 0.25) is 0 Å². The molecule has 0 radical (unpaired) electrons. The summed E-state index contributed by atoms with van der Waals surface area (Å²) in [4.78, 5) is 22.5. The molecule has 0 bridgehead atoms. The summed E-state index contributed by atoms with van der Waals surface area (Å²) in [6.07, 6.45) is 0. The molecular weight excluding hydrogens is 176 g/mol. The molecule has 0 aliphatic heterocycles. The molecular formula is C7H14N2O4. The number of nitrogens with one attached hydrogen (secondary N) is 1. The van der Waals surface area contributed by atoms with Gasteiger partial charge in [-0.15, -0.1) is 0 Å². The number of aliphatic carboxylic acids is 1. The van der Waals surface area contributed by atoms with Crippen LogP contribution in [0.15, 0.2) is 0 Å². The Bertz CT molecular complexity index is 183. The molecule has 0 aromatic heterocycles. The fourth-order valence-corrected chi connectivity index (χ4v) is 0.775. The fraction of sp³-hybridized carbons (Fsp3) is 0.714. The van der Waals surface area contributed by atoms with Crippen molar-refractivity contribution in [2.24, 2.45) is 0 Å². The van der Waals surface area contributed by atoms with Crippen LogP contribution in [0.4, 0.5) is 4.79 Å². The van der Waals surface area contributed by atoms with Crippen molar-refractivity contribution in [3.8, 4) is 0 Å². The van der Waals surface area contributed by atoms with Gasteiger partial charge in [0.15, 0.2) is 0 Å². The van der Waals surface area contributed by atoms with Crippen LogP contribution < -0.4 is 5.32 Å². The number of carbonyl (C=O) groups is 2. The van der Waals surface area contributed by atoms with Gasteiger partial charge in [0.1, 0.15) is 6.54 Å². The van der Waals surface area contributed by atoms with Gasteiger partial charge < -0.3 is 20.1 Å². The number of carboxylic acid groups (broad SMARTS) is 1. The summed E-state index contributed by atoms with van der Waals surface area (Å²) in [5, 5.41) is 10.8. The highest BCUT2D eigenvalue weighted by molar-refractivity contribution is 5.79. The molecule has 0 atom stereocenters. The molecule has 0 saturated carbocycles. The van der Waals surface area contributed by atoms with Gasteiger partial charge >= 0.3 is 12.0 Å². The Morgan fingerprint density at radius 2 is 2.15 bits per heavy atom. The number of nitrogens with zero attached hydrogens (tertiary/aromatic N) is 1. The lowest BCUT2D eigenvalue weighted by Gasteiger charge is -2.19. The van der Waals surface area contributed by atoms with Gasteiger partial charge in [-0.2, -0.15) is 0 Å². The number of carbonyl (C=O) groups excluding carboxylic acids is 1. The third kappa shape index (κ3) is 5.02. The van der Waals surface area contributed by atoms with Crippen molar-refractivity contribution in [2.75, 3.05) is 33.9 Å². The van der Waals surface area contributed by atoms with Gasteiger partial charge in [-0.05, 0) is 0 Å². The van der Waals surface area contributed by atoms with Gasteiger partial charge in [-0.25, -0.2) is 4.79 Å². The number of hydrogen-bond acceptors (Lipinski definition) is 3. The zero-order valence-electron chi connectivity index (χ0n) is 7.74. The molecule has 0 fully saturated rings. The molecule has 0 aliphatic carbocycles. The van der Waals surface area contributed by atoms with Gasteiger partial charge in [-0.3, -0.25) is 4.79 Å². The summed E-state index contributed by atoms with van der Waals surface area (Å²) in [5.74, 6) is -1.04. The van der Waals surface area contributed by atoms with E-state index in [0.717, 1.165) is 4.90 Å². The van der Waals surface area contributed by atoms with Crippen LogP contribution in [0, 0.1) is 0 Å². The molecule has 0 rings (SSSR count). The Morgan fingerprint density at radius 1 is 1.54 bits per heavy atom. The third-order valence-corrected chi connectivity index (χ3v) is 1.39. The summed E-state index contributed by atoms with van der Waals surface area (Å²) in [6, 6.07) is -0.417. The zero-order valence-corrected chi connectivity index (χ0v) is 7.74. The standard InChI is InChI=1S/C7H14N2O4/c1-8-7(12)9(3-4-13-2)5-6(10)11/h3-5H2,1-2H3,(H,8,12)(H,10,11). The van der Waals surface area contributed by atoms with E-state index in [1.165, 1.54) is 14.2 Å². The molecule has 6 nitrogen and oxygen atoms in total. The van der Waals surface area contributed by atoms with E-state index in [1.54, 1.807) is 0 Å². The number of urea groups is 1. The molecule has 0 heterocycles. The Hall–Kier alpha value is -1.30. The van der Waals surface area contributed by atoms with Crippen LogP contribution in [-0.4, -0.2) is 55.9 Å². The van der Waals surface area contributed by atoms with Crippen LogP contribution >= 0.6 is 0 Å². The lowest BCUT2D eigenvalue weighted by Crippen LogP contribution is -2.42. The lowest BCUT2D eigenvalue weighted by molar-refractivity contribution is -0.137. The Balaban J connectivity index is 4.02. The Kier molecular flexibility index (Phi) is 5.62. The smallest absolute Gasteiger partial charge is 0.323 e. The van der Waals surface area contributed by atoms with E-state index >= 15 is 0 Å². The number of hydrogen-bond donors (Lipinski definition) is 2. The topological polar surface area (TPSA) is 78.9 Å². The van der Waals surface area contributed by atoms with E-state index in [9.17, 15) is 9.59 Å². The maximum absolute atomic E-state index is 11.0. The second kappa shape index (κ2) is 6.24. The number of carboxylic acids is 1. The van der Waals surface area contributed by atoms with Crippen molar-refractivity contribution in [3.05, 3.63) is 0 Å². The Labute approximate surface area is 76.5 Å². The first-order valence-corrected chi connectivity index (χ1v) is 3.79. The van der Waals surface area contributed by atoms with Gasteiger partial charge in [0.25, 0.3) is 0 Å². The van der Waals surface area contributed by atoms with E-state index < -0.39 is 12.0 Å². The minimum Gasteiger partial charge on any atom is -0.480 e. The quantitative estimate of drug-likeness (QED) is 0.604. The molecule has 0 aliphatic rings. The predicted molar refractivity (Wildman–Crippen MR) is 45.5 cm³/mol. The molecule has 0 saturated heterocycles. The molecule has 0 unspecified atom stereocenters. The molecule has 0 aromatic rings. The average Bonchev–Trinajstić information content (AvgIpc) is 2.10. The van der Waals surface area contributed by atoms with Crippen LogP contribution in [0.25, 0.3) is 0 Å². The second-order valence-corrected chi connectivity index (χ2v) is 2.36. The van der Waals surface area contributed by atoms with Crippen molar-refractivity contribution in [3.63, 3.8) is 0 Å². The first-order valence-electron chi connectivity index (χ1n) is 3.79. The summed E-state index contributed by atoms with van der Waals surface area (Å²) < 4.78 is 4.73. The van der Waals surface area contributed by atoms with E-state index in [4.69, 9.17) is 9.84 Å². The van der Waals surface area contributed by atoms with Gasteiger partial charge in [-0.1, -0.05) is 0 Å². The molecule has 76 valence electrons. The van der Waals surface area contributed by atoms with Crippen molar-refractivity contribution >= 4 is 12.0 Å². The molecule has 0 aromatic carbocycles. The second-order valence-electron chi connectivity index (χ2n) is 2.36. The first-order chi connectivity index (χ1) is 6.11. The third-order valence-electron chi connectivity index (χ3n) is 1.39. The number of ether oxygens (including phenoxy) is 1. The van der Waals surface area contributed by atoms with Crippen LogP contribution in [0.2, 0.25) is 0 Å². The van der Waals surface area contributed by atoms with E-state index in [2.05, 4.69) is 5.32 Å². The highest BCUT2D eigenvalue weighted by atomic mass is 16.5. The maximum Gasteiger partial charge on any atom is 0.323 e. The van der Waals surface area contributed by atoms with Crippen molar-refractivity contribution in [1.82, 2.24) is 10.2 Å². The van der Waals surface area contributed by atoms with Crippen molar-refractivity contribution in [1.29, 1.82) is 0 Å². The fourth-order valence-electron chi connectivity index (χ4n) is 0.775. The minimum atomic E-state index is -1.04. The SMILES string of the molecule is CNC(=O)N(CCOC)CC(=O)O. The number of methoxy groups -OCH3 is 1. The van der Waals surface area contributed by atoms with E-state index in [0.29, 0.717) is 6.61 Å². The lowest BCUT2D eigenvalue weighted by atomic mass is 10.5. The van der Waals surface area contributed by atoms with Crippen LogP contribution in [0.1, 0.15) is 0 Å².